The fourth-order valence-corrected chi connectivity index (χ4v) is 3.92. The van der Waals surface area contributed by atoms with Gasteiger partial charge in [-0.15, -0.1) is 0 Å². The van der Waals surface area contributed by atoms with E-state index in [1.54, 1.807) is 4.90 Å². The van der Waals surface area contributed by atoms with Gasteiger partial charge in [-0.3, -0.25) is 9.10 Å². The molecular formula is C23H23FN2O3S. The molecule has 0 aliphatic carbocycles. The average Bonchev–Trinajstić information content (AvgIpc) is 2.73. The highest BCUT2D eigenvalue weighted by Gasteiger charge is 2.24. The van der Waals surface area contributed by atoms with E-state index in [0.717, 1.165) is 21.7 Å². The molecule has 0 aliphatic rings. The number of halogens is 1. The van der Waals surface area contributed by atoms with Gasteiger partial charge in [-0.2, -0.15) is 0 Å². The second kappa shape index (κ2) is 9.54. The van der Waals surface area contributed by atoms with Gasteiger partial charge in [0, 0.05) is 13.1 Å². The molecular weight excluding hydrogens is 403 g/mol. The Morgan fingerprint density at radius 2 is 1.27 bits per heavy atom. The van der Waals surface area contributed by atoms with Gasteiger partial charge in [0.05, 0.1) is 11.9 Å². The molecule has 0 N–H and O–H groups in total. The van der Waals surface area contributed by atoms with Crippen LogP contribution in [-0.4, -0.2) is 32.0 Å². The van der Waals surface area contributed by atoms with Crippen LogP contribution in [-0.2, 0) is 27.9 Å². The first-order valence-electron chi connectivity index (χ1n) is 9.42. The van der Waals surface area contributed by atoms with Gasteiger partial charge in [-0.1, -0.05) is 60.7 Å². The van der Waals surface area contributed by atoms with Crippen molar-refractivity contribution in [3.63, 3.8) is 0 Å². The zero-order chi connectivity index (χ0) is 21.6. The minimum absolute atomic E-state index is 0.242. The number of anilines is 1. The molecule has 0 atom stereocenters. The number of carbonyl (C=O) groups excluding carboxylic acids is 1. The van der Waals surface area contributed by atoms with Crippen LogP contribution in [0.1, 0.15) is 11.1 Å². The largest absolute Gasteiger partial charge is 0.332 e. The lowest BCUT2D eigenvalue weighted by Gasteiger charge is -2.28. The summed E-state index contributed by atoms with van der Waals surface area (Å²) in [5.74, 6) is -0.828. The van der Waals surface area contributed by atoms with E-state index in [4.69, 9.17) is 0 Å². The van der Waals surface area contributed by atoms with Gasteiger partial charge in [-0.25, -0.2) is 12.8 Å². The number of benzene rings is 3. The number of nitrogens with zero attached hydrogens (tertiary/aromatic N) is 2. The Kier molecular flexibility index (Phi) is 6.84. The van der Waals surface area contributed by atoms with Crippen LogP contribution >= 0.6 is 0 Å². The summed E-state index contributed by atoms with van der Waals surface area (Å²) in [6.45, 7) is 0.315. The first kappa shape index (κ1) is 21.5. The lowest BCUT2D eigenvalue weighted by Crippen LogP contribution is -2.42. The molecule has 0 aromatic heterocycles. The minimum Gasteiger partial charge on any atom is -0.332 e. The average molecular weight is 427 g/mol. The molecule has 0 heterocycles. The summed E-state index contributed by atoms with van der Waals surface area (Å²) in [5.41, 5.74) is 2.12. The molecule has 7 heteroatoms. The number of hydrogen-bond acceptors (Lipinski definition) is 3. The Morgan fingerprint density at radius 1 is 0.800 bits per heavy atom. The fraction of sp³-hybridized carbons (Fsp3) is 0.174. The molecule has 0 radical (unpaired) electrons. The SMILES string of the molecule is CS(=O)(=O)N(CC(=O)N(Cc1ccccc1)Cc1ccccc1)c1ccc(F)cc1. The summed E-state index contributed by atoms with van der Waals surface area (Å²) in [5, 5.41) is 0. The van der Waals surface area contributed by atoms with Crippen LogP contribution in [0.15, 0.2) is 84.9 Å². The number of carbonyl (C=O) groups is 1. The van der Waals surface area contributed by atoms with Crippen molar-refractivity contribution in [1.29, 1.82) is 0 Å². The molecule has 30 heavy (non-hydrogen) atoms. The Bertz CT molecular complexity index is 1030. The maximum Gasteiger partial charge on any atom is 0.243 e. The molecule has 1 amide bonds. The van der Waals surface area contributed by atoms with Gasteiger partial charge in [0.15, 0.2) is 0 Å². The highest BCUT2D eigenvalue weighted by Crippen LogP contribution is 2.19. The molecule has 3 aromatic carbocycles. The van der Waals surface area contributed by atoms with Crippen LogP contribution in [0, 0.1) is 5.82 Å². The van der Waals surface area contributed by atoms with Crippen molar-refractivity contribution in [1.82, 2.24) is 4.90 Å². The van der Waals surface area contributed by atoms with E-state index in [1.807, 2.05) is 60.7 Å². The van der Waals surface area contributed by atoms with Crippen LogP contribution in [0.5, 0.6) is 0 Å². The van der Waals surface area contributed by atoms with Crippen LogP contribution in [0.2, 0.25) is 0 Å². The third kappa shape index (κ3) is 5.90. The van der Waals surface area contributed by atoms with Gasteiger partial charge < -0.3 is 4.90 Å². The molecule has 0 bridgehead atoms. The highest BCUT2D eigenvalue weighted by atomic mass is 32.2. The normalized spacial score (nSPS) is 11.1. The molecule has 0 saturated heterocycles. The van der Waals surface area contributed by atoms with Gasteiger partial charge in [-0.05, 0) is 35.4 Å². The number of amides is 1. The fourth-order valence-electron chi connectivity index (χ4n) is 3.07. The molecule has 3 rings (SSSR count). The summed E-state index contributed by atoms with van der Waals surface area (Å²) >= 11 is 0. The molecule has 156 valence electrons. The summed E-state index contributed by atoms with van der Waals surface area (Å²) in [6, 6.07) is 24.1. The zero-order valence-corrected chi connectivity index (χ0v) is 17.4. The molecule has 3 aromatic rings. The van der Waals surface area contributed by atoms with Gasteiger partial charge in [0.1, 0.15) is 12.4 Å². The highest BCUT2D eigenvalue weighted by molar-refractivity contribution is 7.92. The second-order valence-corrected chi connectivity index (χ2v) is 8.87. The zero-order valence-electron chi connectivity index (χ0n) is 16.6. The first-order chi connectivity index (χ1) is 14.3. The molecule has 0 saturated carbocycles. The monoisotopic (exact) mass is 426 g/mol. The van der Waals surface area contributed by atoms with Crippen molar-refractivity contribution in [2.45, 2.75) is 13.1 Å². The lowest BCUT2D eigenvalue weighted by atomic mass is 10.1. The van der Waals surface area contributed by atoms with E-state index in [9.17, 15) is 17.6 Å². The summed E-state index contributed by atoms with van der Waals surface area (Å²) in [7, 11) is -3.74. The third-order valence-corrected chi connectivity index (χ3v) is 5.72. The lowest BCUT2D eigenvalue weighted by molar-refractivity contribution is -0.130. The number of rotatable bonds is 8. The van der Waals surface area contributed by atoms with E-state index in [-0.39, 0.29) is 18.1 Å². The summed E-state index contributed by atoms with van der Waals surface area (Å²) < 4.78 is 39.0. The van der Waals surface area contributed by atoms with E-state index in [0.29, 0.717) is 13.1 Å². The van der Waals surface area contributed by atoms with Crippen molar-refractivity contribution in [2.75, 3.05) is 17.1 Å². The molecule has 0 spiro atoms. The van der Waals surface area contributed by atoms with Crippen molar-refractivity contribution in [3.05, 3.63) is 102 Å². The number of sulfonamides is 1. The first-order valence-corrected chi connectivity index (χ1v) is 11.3. The van der Waals surface area contributed by atoms with Crippen molar-refractivity contribution < 1.29 is 17.6 Å². The smallest absolute Gasteiger partial charge is 0.243 e. The molecule has 5 nitrogen and oxygen atoms in total. The standard InChI is InChI=1S/C23H23FN2O3S/c1-30(28,29)26(22-14-12-21(24)13-15-22)18-23(27)25(16-19-8-4-2-5-9-19)17-20-10-6-3-7-11-20/h2-15H,16-18H2,1H3. The Labute approximate surface area is 176 Å². The van der Waals surface area contributed by atoms with Crippen molar-refractivity contribution in [2.24, 2.45) is 0 Å². The molecule has 0 aliphatic heterocycles. The van der Waals surface area contributed by atoms with Gasteiger partial charge >= 0.3 is 0 Å². The topological polar surface area (TPSA) is 57.7 Å². The van der Waals surface area contributed by atoms with Crippen molar-refractivity contribution in [3.8, 4) is 0 Å². The minimum atomic E-state index is -3.74. The Balaban J connectivity index is 1.87. The van der Waals surface area contributed by atoms with Crippen LogP contribution in [0.25, 0.3) is 0 Å². The van der Waals surface area contributed by atoms with E-state index in [1.165, 1.54) is 24.3 Å². The van der Waals surface area contributed by atoms with Gasteiger partial charge in [0.25, 0.3) is 0 Å². The summed E-state index contributed by atoms with van der Waals surface area (Å²) in [4.78, 5) is 14.8. The number of hydrogen-bond donors (Lipinski definition) is 0. The van der Waals surface area contributed by atoms with Crippen LogP contribution in [0.4, 0.5) is 10.1 Å². The maximum absolute atomic E-state index is 13.3. The van der Waals surface area contributed by atoms with Crippen LogP contribution in [0.3, 0.4) is 0 Å². The quantitative estimate of drug-likeness (QED) is 0.550. The Morgan fingerprint density at radius 3 is 1.70 bits per heavy atom. The summed E-state index contributed by atoms with van der Waals surface area (Å²) in [6.07, 6.45) is 1.03. The predicted octanol–water partition coefficient (Wildman–Crippen LogP) is 3.82. The third-order valence-electron chi connectivity index (χ3n) is 4.58. The van der Waals surface area contributed by atoms with E-state index in [2.05, 4.69) is 0 Å². The van der Waals surface area contributed by atoms with Crippen molar-refractivity contribution >= 4 is 21.6 Å². The van der Waals surface area contributed by atoms with Gasteiger partial charge in [0.2, 0.25) is 15.9 Å². The molecule has 0 fully saturated rings. The Hall–Kier alpha value is -3.19. The van der Waals surface area contributed by atoms with E-state index >= 15 is 0 Å². The van der Waals surface area contributed by atoms with Crippen LogP contribution < -0.4 is 4.31 Å². The maximum atomic E-state index is 13.3. The van der Waals surface area contributed by atoms with E-state index < -0.39 is 15.8 Å². The predicted molar refractivity (Wildman–Crippen MR) is 116 cm³/mol. The molecule has 0 unspecified atom stereocenters. The second-order valence-electron chi connectivity index (χ2n) is 6.97.